The van der Waals surface area contributed by atoms with E-state index < -0.39 is 0 Å². The number of ether oxygens (including phenoxy) is 1. The van der Waals surface area contributed by atoms with E-state index in [1.807, 2.05) is 38.7 Å². The first-order valence-electron chi connectivity index (χ1n) is 12.6. The predicted octanol–water partition coefficient (Wildman–Crippen LogP) is 5.84. The number of hydrogen-bond acceptors (Lipinski definition) is 5. The van der Waals surface area contributed by atoms with Crippen LogP contribution >= 0.6 is 23.2 Å². The molecule has 2 atom stereocenters. The summed E-state index contributed by atoms with van der Waals surface area (Å²) < 4.78 is 5.73. The van der Waals surface area contributed by atoms with Crippen molar-refractivity contribution in [3.8, 4) is 0 Å². The van der Waals surface area contributed by atoms with Crippen molar-refractivity contribution in [2.75, 3.05) is 13.1 Å². The zero-order chi connectivity index (χ0) is 27.6. The molecule has 2 aromatic carbocycles. The van der Waals surface area contributed by atoms with Crippen LogP contribution in [0.25, 0.3) is 11.0 Å². The van der Waals surface area contributed by atoms with Crippen LogP contribution in [0, 0.1) is 0 Å². The van der Waals surface area contributed by atoms with Crippen molar-refractivity contribution in [2.24, 2.45) is 0 Å². The minimum absolute atomic E-state index is 0.0126. The molecule has 1 aliphatic heterocycles. The molecule has 1 aromatic heterocycles. The van der Waals surface area contributed by atoms with E-state index in [2.05, 4.69) is 27.2 Å². The molecule has 0 radical (unpaired) electrons. The van der Waals surface area contributed by atoms with E-state index in [1.165, 1.54) is 6.07 Å². The minimum Gasteiger partial charge on any atom is -0.474 e. The fraction of sp³-hybridized carbons (Fsp3) is 0.393. The smallest absolute Gasteiger partial charge is 0.255 e. The van der Waals surface area contributed by atoms with Crippen molar-refractivity contribution in [2.45, 2.75) is 58.2 Å². The van der Waals surface area contributed by atoms with Crippen molar-refractivity contribution in [3.05, 3.63) is 75.9 Å². The van der Waals surface area contributed by atoms with Crippen LogP contribution < -0.4 is 10.6 Å². The highest BCUT2D eigenvalue weighted by atomic mass is 35.5. The number of fused-ring (bicyclic) bond motifs is 1. The van der Waals surface area contributed by atoms with E-state index >= 15 is 0 Å². The second kappa shape index (κ2) is 11.3. The third-order valence-corrected chi connectivity index (χ3v) is 6.83. The molecule has 0 bridgehead atoms. The summed E-state index contributed by atoms with van der Waals surface area (Å²) in [6.07, 6.45) is 1.76. The third kappa shape index (κ3) is 6.60. The molecule has 2 heterocycles. The first-order valence-corrected chi connectivity index (χ1v) is 13.4. The number of hydrogen-bond donors (Lipinski definition) is 3. The summed E-state index contributed by atoms with van der Waals surface area (Å²) in [5.41, 5.74) is 1.92. The molecule has 2 unspecified atom stereocenters. The average molecular weight is 559 g/mol. The van der Waals surface area contributed by atoms with Gasteiger partial charge in [0, 0.05) is 29.7 Å². The normalized spacial score (nSPS) is 16.4. The molecule has 3 N–H and O–H groups in total. The van der Waals surface area contributed by atoms with Crippen LogP contribution in [0.2, 0.25) is 10.0 Å². The number of nitrogens with one attached hydrogen (secondary N) is 3. The Morgan fingerprint density at radius 1 is 1.24 bits per heavy atom. The molecule has 0 spiro atoms. The van der Waals surface area contributed by atoms with Crippen LogP contribution in [0.3, 0.4) is 0 Å². The van der Waals surface area contributed by atoms with E-state index in [9.17, 15) is 9.59 Å². The summed E-state index contributed by atoms with van der Waals surface area (Å²) in [4.78, 5) is 35.8. The molecule has 10 heteroatoms. The Labute approximate surface area is 232 Å². The SMILES string of the molecule is C=C(NCC1CCCN1C(=O)c1ccc(C(=O)NC(C)c2nc3ccc(Cl)cc3[nH]2)cc1Cl)OC(C)(C)C. The van der Waals surface area contributed by atoms with Crippen LogP contribution in [0.1, 0.15) is 73.1 Å². The van der Waals surface area contributed by atoms with Crippen molar-refractivity contribution in [1.82, 2.24) is 25.5 Å². The van der Waals surface area contributed by atoms with Gasteiger partial charge in [-0.05, 0) is 83.5 Å². The summed E-state index contributed by atoms with van der Waals surface area (Å²) in [6.45, 7) is 12.8. The minimum atomic E-state index is -0.386. The van der Waals surface area contributed by atoms with Crippen molar-refractivity contribution >= 4 is 46.0 Å². The fourth-order valence-corrected chi connectivity index (χ4v) is 4.93. The first kappa shape index (κ1) is 27.8. The lowest BCUT2D eigenvalue weighted by molar-refractivity contribution is 0.0391. The number of likely N-dealkylation sites (tertiary alicyclic amines) is 1. The van der Waals surface area contributed by atoms with Crippen LogP contribution in [-0.2, 0) is 4.74 Å². The molecule has 1 aliphatic rings. The number of H-pyrrole nitrogens is 1. The Morgan fingerprint density at radius 3 is 2.71 bits per heavy atom. The molecule has 1 fully saturated rings. The summed E-state index contributed by atoms with van der Waals surface area (Å²) in [6, 6.07) is 9.72. The van der Waals surface area contributed by atoms with Gasteiger partial charge < -0.3 is 25.3 Å². The van der Waals surface area contributed by atoms with E-state index in [0.29, 0.717) is 40.9 Å². The van der Waals surface area contributed by atoms with Crippen LogP contribution in [-0.4, -0.2) is 51.4 Å². The monoisotopic (exact) mass is 557 g/mol. The van der Waals surface area contributed by atoms with Gasteiger partial charge in [0.2, 0.25) is 0 Å². The molecule has 3 aromatic rings. The number of imidazole rings is 1. The Hall–Kier alpha value is -3.23. The predicted molar refractivity (Wildman–Crippen MR) is 150 cm³/mol. The van der Waals surface area contributed by atoms with Gasteiger partial charge in [-0.2, -0.15) is 0 Å². The van der Waals surface area contributed by atoms with Gasteiger partial charge in [-0.15, -0.1) is 0 Å². The standard InChI is InChI=1S/C28H33Cl2N5O3/c1-16(25-33-23-11-9-19(29)14-24(23)34-25)32-26(36)18-8-10-21(22(30)13-18)27(37)35-12-6-7-20(35)15-31-17(2)38-28(3,4)5/h8-11,13-14,16,20,31H,2,6-7,12,15H2,1,3-5H3,(H,32,36)(H,33,34). The van der Waals surface area contributed by atoms with Gasteiger partial charge in [0.1, 0.15) is 11.4 Å². The zero-order valence-corrected chi connectivity index (χ0v) is 23.5. The van der Waals surface area contributed by atoms with E-state index in [-0.39, 0.29) is 34.5 Å². The highest BCUT2D eigenvalue weighted by molar-refractivity contribution is 6.34. The Balaban J connectivity index is 1.39. The summed E-state index contributed by atoms with van der Waals surface area (Å²) >= 11 is 12.6. The first-order chi connectivity index (χ1) is 17.9. The number of carbonyl (C=O) groups is 2. The van der Waals surface area contributed by atoms with Crippen molar-refractivity contribution < 1.29 is 14.3 Å². The maximum absolute atomic E-state index is 13.3. The Bertz CT molecular complexity index is 1360. The molecule has 2 amide bonds. The molecule has 0 saturated carbocycles. The average Bonchev–Trinajstić information content (AvgIpc) is 3.48. The van der Waals surface area contributed by atoms with Gasteiger partial charge in [0.25, 0.3) is 11.8 Å². The van der Waals surface area contributed by atoms with Gasteiger partial charge >= 0.3 is 0 Å². The fourth-order valence-electron chi connectivity index (χ4n) is 4.49. The largest absolute Gasteiger partial charge is 0.474 e. The molecule has 1 saturated heterocycles. The lowest BCUT2D eigenvalue weighted by Gasteiger charge is -2.28. The highest BCUT2D eigenvalue weighted by Gasteiger charge is 2.31. The molecule has 202 valence electrons. The van der Waals surface area contributed by atoms with E-state index in [1.54, 1.807) is 24.3 Å². The van der Waals surface area contributed by atoms with E-state index in [4.69, 9.17) is 27.9 Å². The highest BCUT2D eigenvalue weighted by Crippen LogP contribution is 2.26. The zero-order valence-electron chi connectivity index (χ0n) is 22.0. The molecular weight excluding hydrogens is 525 g/mol. The van der Waals surface area contributed by atoms with Gasteiger partial charge in [-0.25, -0.2) is 4.98 Å². The second-order valence-electron chi connectivity index (χ2n) is 10.5. The Kier molecular flexibility index (Phi) is 8.23. The Morgan fingerprint density at radius 2 is 2.00 bits per heavy atom. The van der Waals surface area contributed by atoms with Gasteiger partial charge in [-0.1, -0.05) is 23.2 Å². The maximum atomic E-state index is 13.3. The lowest BCUT2D eigenvalue weighted by atomic mass is 10.1. The number of aromatic amines is 1. The van der Waals surface area contributed by atoms with Gasteiger partial charge in [0.15, 0.2) is 5.88 Å². The molecule has 0 aliphatic carbocycles. The lowest BCUT2D eigenvalue weighted by Crippen LogP contribution is -2.42. The molecule has 4 rings (SSSR count). The number of rotatable bonds is 8. The number of aromatic nitrogens is 2. The van der Waals surface area contributed by atoms with Crippen LogP contribution in [0.5, 0.6) is 0 Å². The number of carbonyl (C=O) groups excluding carboxylic acids is 2. The van der Waals surface area contributed by atoms with Gasteiger partial charge in [-0.3, -0.25) is 9.59 Å². The number of benzene rings is 2. The van der Waals surface area contributed by atoms with Crippen LogP contribution in [0.15, 0.2) is 48.9 Å². The van der Waals surface area contributed by atoms with Gasteiger partial charge in [0.05, 0.1) is 27.7 Å². The summed E-state index contributed by atoms with van der Waals surface area (Å²) in [5.74, 6) is 0.601. The van der Waals surface area contributed by atoms with Crippen molar-refractivity contribution in [1.29, 1.82) is 0 Å². The summed E-state index contributed by atoms with van der Waals surface area (Å²) in [7, 11) is 0. The number of halogens is 2. The second-order valence-corrected chi connectivity index (χ2v) is 11.3. The topological polar surface area (TPSA) is 99.4 Å². The molecular formula is C28H33Cl2N5O3. The quantitative estimate of drug-likeness (QED) is 0.302. The van der Waals surface area contributed by atoms with Crippen molar-refractivity contribution in [3.63, 3.8) is 0 Å². The molecule has 38 heavy (non-hydrogen) atoms. The maximum Gasteiger partial charge on any atom is 0.255 e. The van der Waals surface area contributed by atoms with E-state index in [0.717, 1.165) is 23.9 Å². The summed E-state index contributed by atoms with van der Waals surface area (Å²) in [5, 5.41) is 6.94. The van der Waals surface area contributed by atoms with Crippen LogP contribution in [0.4, 0.5) is 0 Å². The number of amides is 2. The molecule has 8 nitrogen and oxygen atoms in total. The number of nitrogens with zero attached hydrogens (tertiary/aromatic N) is 2. The third-order valence-electron chi connectivity index (χ3n) is 6.28.